The smallest absolute Gasteiger partial charge is 0.142 e. The third-order valence-corrected chi connectivity index (χ3v) is 2.59. The minimum atomic E-state index is -1.43. The standard InChI is InChI=1S/C6H9BrF2O/c1-5(10)6(2-7,3-8)4-9/h2-4H2,1H3. The van der Waals surface area contributed by atoms with E-state index in [4.69, 9.17) is 0 Å². The monoisotopic (exact) mass is 214 g/mol. The Balaban J connectivity index is 4.31. The van der Waals surface area contributed by atoms with Gasteiger partial charge in [-0.15, -0.1) is 0 Å². The molecule has 0 spiro atoms. The fourth-order valence-corrected chi connectivity index (χ4v) is 1.08. The molecule has 60 valence electrons. The molecule has 0 bridgehead atoms. The first-order valence-corrected chi connectivity index (χ1v) is 3.94. The van der Waals surface area contributed by atoms with Gasteiger partial charge in [-0.3, -0.25) is 4.79 Å². The number of ketones is 1. The van der Waals surface area contributed by atoms with Crippen LogP contribution in [0.2, 0.25) is 0 Å². The fraction of sp³-hybridized carbons (Fsp3) is 0.833. The molecule has 0 saturated carbocycles. The van der Waals surface area contributed by atoms with Crippen LogP contribution in [0.25, 0.3) is 0 Å². The summed E-state index contributed by atoms with van der Waals surface area (Å²) in [5.74, 6) is -0.450. The molecule has 0 rings (SSSR count). The van der Waals surface area contributed by atoms with Gasteiger partial charge in [-0.25, -0.2) is 8.78 Å². The van der Waals surface area contributed by atoms with E-state index < -0.39 is 24.5 Å². The number of alkyl halides is 3. The summed E-state index contributed by atoms with van der Waals surface area (Å²) in [5.41, 5.74) is -1.43. The Kier molecular flexibility index (Phi) is 4.01. The zero-order chi connectivity index (χ0) is 8.20. The summed E-state index contributed by atoms with van der Waals surface area (Å²) >= 11 is 2.89. The van der Waals surface area contributed by atoms with Gasteiger partial charge in [0, 0.05) is 5.33 Å². The fourth-order valence-electron chi connectivity index (χ4n) is 0.389. The van der Waals surface area contributed by atoms with Crippen molar-refractivity contribution >= 4 is 21.7 Å². The zero-order valence-electron chi connectivity index (χ0n) is 5.66. The summed E-state index contributed by atoms with van der Waals surface area (Å²) < 4.78 is 24.1. The molecule has 4 heteroatoms. The van der Waals surface area contributed by atoms with Crippen LogP contribution in [-0.2, 0) is 4.79 Å². The van der Waals surface area contributed by atoms with Crippen LogP contribution in [0.3, 0.4) is 0 Å². The third-order valence-electron chi connectivity index (χ3n) is 1.51. The van der Waals surface area contributed by atoms with Gasteiger partial charge in [0.25, 0.3) is 0 Å². The van der Waals surface area contributed by atoms with Gasteiger partial charge < -0.3 is 0 Å². The molecule has 0 fully saturated rings. The molecule has 0 amide bonds. The lowest BCUT2D eigenvalue weighted by molar-refractivity contribution is -0.127. The minimum Gasteiger partial charge on any atom is -0.299 e. The first-order valence-electron chi connectivity index (χ1n) is 2.82. The Morgan fingerprint density at radius 2 is 1.90 bits per heavy atom. The molecule has 0 heterocycles. The van der Waals surface area contributed by atoms with Gasteiger partial charge in [0.1, 0.15) is 19.1 Å². The number of halogens is 3. The van der Waals surface area contributed by atoms with Crippen LogP contribution in [-0.4, -0.2) is 24.5 Å². The highest BCUT2D eigenvalue weighted by Gasteiger charge is 2.34. The topological polar surface area (TPSA) is 17.1 Å². The SMILES string of the molecule is CC(=O)C(CF)(CF)CBr. The summed E-state index contributed by atoms with van der Waals surface area (Å²) in [4.78, 5) is 10.6. The van der Waals surface area contributed by atoms with Crippen LogP contribution in [0.4, 0.5) is 8.78 Å². The predicted octanol–water partition coefficient (Wildman–Crippen LogP) is 1.90. The Labute approximate surface area is 66.9 Å². The zero-order valence-corrected chi connectivity index (χ0v) is 7.25. The van der Waals surface area contributed by atoms with Gasteiger partial charge in [-0.1, -0.05) is 15.9 Å². The number of rotatable bonds is 4. The number of Topliss-reactive ketones (excluding diaryl/α,β-unsaturated/α-hetero) is 1. The summed E-state index contributed by atoms with van der Waals surface area (Å²) in [6.45, 7) is -0.686. The van der Waals surface area contributed by atoms with E-state index >= 15 is 0 Å². The molecule has 10 heavy (non-hydrogen) atoms. The third kappa shape index (κ3) is 1.75. The number of carbonyl (C=O) groups is 1. The van der Waals surface area contributed by atoms with E-state index in [0.717, 1.165) is 0 Å². The predicted molar refractivity (Wildman–Crippen MR) is 38.9 cm³/mol. The molecule has 0 unspecified atom stereocenters. The second-order valence-electron chi connectivity index (χ2n) is 2.24. The van der Waals surface area contributed by atoms with Crippen molar-refractivity contribution in [3.63, 3.8) is 0 Å². The molecule has 0 aliphatic carbocycles. The highest BCUT2D eigenvalue weighted by molar-refractivity contribution is 9.09. The van der Waals surface area contributed by atoms with Crippen LogP contribution in [0.15, 0.2) is 0 Å². The second kappa shape index (κ2) is 4.01. The molecular weight excluding hydrogens is 206 g/mol. The van der Waals surface area contributed by atoms with E-state index in [1.807, 2.05) is 0 Å². The molecule has 0 saturated heterocycles. The van der Waals surface area contributed by atoms with E-state index in [1.165, 1.54) is 6.92 Å². The maximum atomic E-state index is 12.1. The summed E-state index contributed by atoms with van der Waals surface area (Å²) in [6.07, 6.45) is 0. The molecule has 1 nitrogen and oxygen atoms in total. The van der Waals surface area contributed by atoms with Crippen molar-refractivity contribution in [2.75, 3.05) is 18.7 Å². The van der Waals surface area contributed by atoms with E-state index in [1.54, 1.807) is 0 Å². The van der Waals surface area contributed by atoms with Gasteiger partial charge in [-0.05, 0) is 6.92 Å². The van der Waals surface area contributed by atoms with Crippen molar-refractivity contribution in [3.8, 4) is 0 Å². The highest BCUT2D eigenvalue weighted by Crippen LogP contribution is 2.22. The Hall–Kier alpha value is 0.01000. The van der Waals surface area contributed by atoms with Gasteiger partial charge in [0.15, 0.2) is 0 Å². The molecule has 0 atom stereocenters. The summed E-state index contributed by atoms with van der Waals surface area (Å²) in [7, 11) is 0. The van der Waals surface area contributed by atoms with Gasteiger partial charge >= 0.3 is 0 Å². The largest absolute Gasteiger partial charge is 0.299 e. The van der Waals surface area contributed by atoms with Crippen molar-refractivity contribution < 1.29 is 13.6 Å². The average molecular weight is 215 g/mol. The van der Waals surface area contributed by atoms with Crippen LogP contribution in [0, 0.1) is 5.41 Å². The maximum Gasteiger partial charge on any atom is 0.142 e. The van der Waals surface area contributed by atoms with E-state index in [2.05, 4.69) is 15.9 Å². The molecule has 0 radical (unpaired) electrons. The molecule has 0 aliphatic rings. The van der Waals surface area contributed by atoms with E-state index in [-0.39, 0.29) is 5.33 Å². The normalized spacial score (nSPS) is 11.6. The summed E-state index contributed by atoms with van der Waals surface area (Å²) in [5, 5.41) is 0.0440. The quantitative estimate of drug-likeness (QED) is 0.654. The molecule has 0 aromatic carbocycles. The lowest BCUT2D eigenvalue weighted by Crippen LogP contribution is -2.35. The van der Waals surface area contributed by atoms with E-state index in [9.17, 15) is 13.6 Å². The van der Waals surface area contributed by atoms with Crippen molar-refractivity contribution in [3.05, 3.63) is 0 Å². The van der Waals surface area contributed by atoms with Crippen molar-refractivity contribution in [2.24, 2.45) is 5.41 Å². The maximum absolute atomic E-state index is 12.1. The first-order chi connectivity index (χ1) is 4.63. The van der Waals surface area contributed by atoms with Crippen LogP contribution < -0.4 is 0 Å². The van der Waals surface area contributed by atoms with Gasteiger partial charge in [-0.2, -0.15) is 0 Å². The molecule has 0 aromatic heterocycles. The molecule has 0 N–H and O–H groups in total. The Morgan fingerprint density at radius 1 is 1.50 bits per heavy atom. The molecule has 0 aromatic rings. The molecular formula is C6H9BrF2O. The number of hydrogen-bond acceptors (Lipinski definition) is 1. The number of hydrogen-bond donors (Lipinski definition) is 0. The van der Waals surface area contributed by atoms with Crippen molar-refractivity contribution in [2.45, 2.75) is 6.92 Å². The Bertz CT molecular complexity index is 115. The van der Waals surface area contributed by atoms with Crippen LogP contribution in [0.5, 0.6) is 0 Å². The van der Waals surface area contributed by atoms with Crippen molar-refractivity contribution in [1.82, 2.24) is 0 Å². The van der Waals surface area contributed by atoms with E-state index in [0.29, 0.717) is 0 Å². The molecule has 0 aliphatic heterocycles. The lowest BCUT2D eigenvalue weighted by Gasteiger charge is -2.20. The van der Waals surface area contributed by atoms with Crippen molar-refractivity contribution in [1.29, 1.82) is 0 Å². The first kappa shape index (κ1) is 10.0. The average Bonchev–Trinajstić information content (AvgIpc) is 1.92. The van der Waals surface area contributed by atoms with Crippen LogP contribution >= 0.6 is 15.9 Å². The minimum absolute atomic E-state index is 0.0440. The van der Waals surface area contributed by atoms with Gasteiger partial charge in [0.2, 0.25) is 0 Å². The lowest BCUT2D eigenvalue weighted by atomic mass is 9.90. The number of carbonyl (C=O) groups excluding carboxylic acids is 1. The second-order valence-corrected chi connectivity index (χ2v) is 2.80. The highest BCUT2D eigenvalue weighted by atomic mass is 79.9. The Morgan fingerprint density at radius 3 is 1.90 bits per heavy atom. The van der Waals surface area contributed by atoms with Crippen LogP contribution in [0.1, 0.15) is 6.92 Å². The summed E-state index contributed by atoms with van der Waals surface area (Å²) in [6, 6.07) is 0. The van der Waals surface area contributed by atoms with Gasteiger partial charge in [0.05, 0.1) is 5.41 Å².